The Labute approximate surface area is 81.5 Å². The van der Waals surface area contributed by atoms with Crippen LogP contribution in [0.1, 0.15) is 5.56 Å². The SMILES string of the molecule is COc1ccc2c(c1)C[C@H](C(=O)O)N2. The number of hydrogen-bond donors (Lipinski definition) is 2. The smallest absolute Gasteiger partial charge is 0.326 e. The van der Waals surface area contributed by atoms with Gasteiger partial charge in [-0.25, -0.2) is 4.79 Å². The summed E-state index contributed by atoms with van der Waals surface area (Å²) in [5, 5.41) is 11.7. The molecule has 2 N–H and O–H groups in total. The van der Waals surface area contributed by atoms with Crippen LogP contribution in [0.25, 0.3) is 0 Å². The molecule has 0 saturated heterocycles. The lowest BCUT2D eigenvalue weighted by Crippen LogP contribution is -2.26. The van der Waals surface area contributed by atoms with E-state index >= 15 is 0 Å². The first-order valence-electron chi connectivity index (χ1n) is 4.37. The van der Waals surface area contributed by atoms with Crippen molar-refractivity contribution in [1.29, 1.82) is 0 Å². The lowest BCUT2D eigenvalue weighted by Gasteiger charge is -2.03. The van der Waals surface area contributed by atoms with Crippen LogP contribution in [-0.4, -0.2) is 24.2 Å². The summed E-state index contributed by atoms with van der Waals surface area (Å²) < 4.78 is 5.06. The van der Waals surface area contributed by atoms with Gasteiger partial charge < -0.3 is 15.2 Å². The van der Waals surface area contributed by atoms with Gasteiger partial charge in [0.05, 0.1) is 7.11 Å². The van der Waals surface area contributed by atoms with Crippen LogP contribution in [0.15, 0.2) is 18.2 Å². The molecule has 0 spiro atoms. The molecule has 0 amide bonds. The zero-order valence-electron chi connectivity index (χ0n) is 7.78. The summed E-state index contributed by atoms with van der Waals surface area (Å²) in [6.45, 7) is 0. The maximum absolute atomic E-state index is 10.7. The normalized spacial score (nSPS) is 18.5. The molecule has 0 unspecified atom stereocenters. The molecule has 1 heterocycles. The number of carbonyl (C=O) groups is 1. The van der Waals surface area contributed by atoms with E-state index in [9.17, 15) is 4.79 Å². The Bertz CT molecular complexity index is 376. The highest BCUT2D eigenvalue weighted by Gasteiger charge is 2.26. The second kappa shape index (κ2) is 3.21. The zero-order valence-corrected chi connectivity index (χ0v) is 7.78. The molecule has 0 bridgehead atoms. The van der Waals surface area contributed by atoms with E-state index in [4.69, 9.17) is 9.84 Å². The Morgan fingerprint density at radius 3 is 3.07 bits per heavy atom. The predicted octanol–water partition coefficient (Wildman–Crippen LogP) is 1.12. The van der Waals surface area contributed by atoms with Crippen LogP contribution in [0.5, 0.6) is 5.75 Å². The lowest BCUT2D eigenvalue weighted by atomic mass is 10.1. The molecule has 74 valence electrons. The number of anilines is 1. The van der Waals surface area contributed by atoms with Crippen molar-refractivity contribution in [3.63, 3.8) is 0 Å². The number of rotatable bonds is 2. The average Bonchev–Trinajstić information content (AvgIpc) is 2.59. The van der Waals surface area contributed by atoms with Crippen molar-refractivity contribution in [3.8, 4) is 5.75 Å². The maximum atomic E-state index is 10.7. The monoisotopic (exact) mass is 193 g/mol. The third-order valence-electron chi connectivity index (χ3n) is 2.36. The van der Waals surface area contributed by atoms with Gasteiger partial charge in [0.15, 0.2) is 0 Å². The van der Waals surface area contributed by atoms with Crippen LogP contribution in [-0.2, 0) is 11.2 Å². The Morgan fingerprint density at radius 2 is 2.43 bits per heavy atom. The molecule has 0 aromatic heterocycles. The van der Waals surface area contributed by atoms with Crippen molar-refractivity contribution in [2.45, 2.75) is 12.5 Å². The number of nitrogens with one attached hydrogen (secondary N) is 1. The lowest BCUT2D eigenvalue weighted by molar-refractivity contribution is -0.137. The van der Waals surface area contributed by atoms with E-state index < -0.39 is 12.0 Å². The second-order valence-corrected chi connectivity index (χ2v) is 3.26. The van der Waals surface area contributed by atoms with Crippen molar-refractivity contribution in [2.75, 3.05) is 12.4 Å². The fraction of sp³-hybridized carbons (Fsp3) is 0.300. The van der Waals surface area contributed by atoms with E-state index in [1.54, 1.807) is 7.11 Å². The number of hydrogen-bond acceptors (Lipinski definition) is 3. The zero-order chi connectivity index (χ0) is 10.1. The van der Waals surface area contributed by atoms with Crippen molar-refractivity contribution in [3.05, 3.63) is 23.8 Å². The number of methoxy groups -OCH3 is 1. The molecule has 0 fully saturated rings. The fourth-order valence-electron chi connectivity index (χ4n) is 1.61. The van der Waals surface area contributed by atoms with Crippen molar-refractivity contribution >= 4 is 11.7 Å². The molecule has 1 aliphatic heterocycles. The third kappa shape index (κ3) is 1.39. The van der Waals surface area contributed by atoms with Gasteiger partial charge in [0, 0.05) is 12.1 Å². The number of benzene rings is 1. The van der Waals surface area contributed by atoms with Crippen molar-refractivity contribution in [2.24, 2.45) is 0 Å². The molecule has 1 aromatic carbocycles. The summed E-state index contributed by atoms with van der Waals surface area (Å²) in [5.41, 5.74) is 1.88. The van der Waals surface area contributed by atoms with Crippen LogP contribution in [0.2, 0.25) is 0 Å². The maximum Gasteiger partial charge on any atom is 0.326 e. The van der Waals surface area contributed by atoms with Gasteiger partial charge in [-0.1, -0.05) is 0 Å². The van der Waals surface area contributed by atoms with Gasteiger partial charge in [-0.3, -0.25) is 0 Å². The molecule has 1 atom stereocenters. The van der Waals surface area contributed by atoms with Crippen LogP contribution >= 0.6 is 0 Å². The van der Waals surface area contributed by atoms with Gasteiger partial charge in [-0.15, -0.1) is 0 Å². The third-order valence-corrected chi connectivity index (χ3v) is 2.36. The molecule has 4 nitrogen and oxygen atoms in total. The van der Waals surface area contributed by atoms with Gasteiger partial charge in [0.1, 0.15) is 11.8 Å². The van der Waals surface area contributed by atoms with Crippen LogP contribution in [0.3, 0.4) is 0 Å². The highest BCUT2D eigenvalue weighted by Crippen LogP contribution is 2.29. The molecule has 14 heavy (non-hydrogen) atoms. The first-order chi connectivity index (χ1) is 6.70. The molecule has 1 aliphatic rings. The summed E-state index contributed by atoms with van der Waals surface area (Å²) >= 11 is 0. The summed E-state index contributed by atoms with van der Waals surface area (Å²) in [7, 11) is 1.60. The minimum atomic E-state index is -0.819. The molecular formula is C10H11NO3. The molecule has 0 aliphatic carbocycles. The standard InChI is InChI=1S/C10H11NO3/c1-14-7-2-3-8-6(4-7)5-9(11-8)10(12)13/h2-4,9,11H,5H2,1H3,(H,12,13)/t9-/m1/s1. The molecular weight excluding hydrogens is 182 g/mol. The van der Waals surface area contributed by atoms with E-state index in [1.165, 1.54) is 0 Å². The molecule has 0 saturated carbocycles. The fourth-order valence-corrected chi connectivity index (χ4v) is 1.61. The highest BCUT2D eigenvalue weighted by atomic mass is 16.5. The second-order valence-electron chi connectivity index (χ2n) is 3.26. The van der Waals surface area contributed by atoms with Gasteiger partial charge >= 0.3 is 5.97 Å². The van der Waals surface area contributed by atoms with E-state index in [2.05, 4.69) is 5.32 Å². The molecule has 0 radical (unpaired) electrons. The van der Waals surface area contributed by atoms with E-state index in [0.717, 1.165) is 17.0 Å². The number of aliphatic carboxylic acids is 1. The number of fused-ring (bicyclic) bond motifs is 1. The van der Waals surface area contributed by atoms with Crippen molar-refractivity contribution in [1.82, 2.24) is 0 Å². The molecule has 2 rings (SSSR count). The summed E-state index contributed by atoms with van der Waals surface area (Å²) in [6, 6.07) is 5.02. The van der Waals surface area contributed by atoms with Crippen LogP contribution in [0, 0.1) is 0 Å². The Hall–Kier alpha value is -1.71. The Kier molecular flexibility index (Phi) is 2.04. The first-order valence-corrected chi connectivity index (χ1v) is 4.37. The quantitative estimate of drug-likeness (QED) is 0.738. The minimum Gasteiger partial charge on any atom is -0.497 e. The number of carboxylic acids is 1. The first kappa shape index (κ1) is 8.87. The van der Waals surface area contributed by atoms with E-state index in [0.29, 0.717) is 6.42 Å². The largest absolute Gasteiger partial charge is 0.497 e. The number of ether oxygens (including phenoxy) is 1. The van der Waals surface area contributed by atoms with Crippen molar-refractivity contribution < 1.29 is 14.6 Å². The predicted molar refractivity (Wildman–Crippen MR) is 51.7 cm³/mol. The van der Waals surface area contributed by atoms with Gasteiger partial charge in [-0.05, 0) is 23.8 Å². The minimum absolute atomic E-state index is 0.503. The van der Waals surface area contributed by atoms with E-state index in [-0.39, 0.29) is 0 Å². The summed E-state index contributed by atoms with van der Waals surface area (Å²) in [6.07, 6.45) is 0.516. The Balaban J connectivity index is 2.27. The van der Waals surface area contributed by atoms with E-state index in [1.807, 2.05) is 18.2 Å². The Morgan fingerprint density at radius 1 is 1.64 bits per heavy atom. The topological polar surface area (TPSA) is 58.6 Å². The highest BCUT2D eigenvalue weighted by molar-refractivity contribution is 5.81. The number of carboxylic acid groups (broad SMARTS) is 1. The summed E-state index contributed by atoms with van der Waals surface area (Å²) in [5.74, 6) is -0.0586. The van der Waals surface area contributed by atoms with Gasteiger partial charge in [0.25, 0.3) is 0 Å². The van der Waals surface area contributed by atoms with Gasteiger partial charge in [-0.2, -0.15) is 0 Å². The average molecular weight is 193 g/mol. The summed E-state index contributed by atoms with van der Waals surface area (Å²) in [4.78, 5) is 10.7. The van der Waals surface area contributed by atoms with Crippen LogP contribution in [0.4, 0.5) is 5.69 Å². The van der Waals surface area contributed by atoms with Gasteiger partial charge in [0.2, 0.25) is 0 Å². The molecule has 4 heteroatoms. The molecule has 1 aromatic rings. The van der Waals surface area contributed by atoms with Crippen LogP contribution < -0.4 is 10.1 Å².